The Morgan fingerprint density at radius 1 is 1.06 bits per heavy atom. The van der Waals surface area contributed by atoms with Crippen LogP contribution in [0.3, 0.4) is 0 Å². The maximum absolute atomic E-state index is 12.4. The van der Waals surface area contributed by atoms with Crippen LogP contribution >= 0.6 is 0 Å². The van der Waals surface area contributed by atoms with Gasteiger partial charge in [-0.1, -0.05) is 30.3 Å². The largest absolute Gasteiger partial charge is 0.489 e. The van der Waals surface area contributed by atoms with E-state index in [1.54, 1.807) is 0 Å². The average molecular weight is 446 g/mol. The van der Waals surface area contributed by atoms with Crippen LogP contribution in [0.2, 0.25) is 0 Å². The minimum atomic E-state index is -0.517. The Balaban J connectivity index is 1.36. The third kappa shape index (κ3) is 4.74. The summed E-state index contributed by atoms with van der Waals surface area (Å²) >= 11 is 0. The number of fused-ring (bicyclic) bond motifs is 1. The van der Waals surface area contributed by atoms with Crippen molar-refractivity contribution in [3.63, 3.8) is 0 Å². The SMILES string of the molecule is Cn1c(=O)c2c(ncn2CC(=O)NN=Cc2ccc(OCc3ccccc3)cc2)n(C)c1=O. The zero-order chi connectivity index (χ0) is 23.4. The van der Waals surface area contributed by atoms with E-state index in [4.69, 9.17) is 4.74 Å². The van der Waals surface area contributed by atoms with Crippen LogP contribution in [0.25, 0.3) is 11.2 Å². The van der Waals surface area contributed by atoms with Gasteiger partial charge in [0.25, 0.3) is 11.5 Å². The number of hydrogen-bond acceptors (Lipinski definition) is 6. The summed E-state index contributed by atoms with van der Waals surface area (Å²) in [6.07, 6.45) is 2.86. The van der Waals surface area contributed by atoms with Gasteiger partial charge < -0.3 is 9.30 Å². The van der Waals surface area contributed by atoms with E-state index in [1.165, 1.54) is 35.8 Å². The Morgan fingerprint density at radius 2 is 1.79 bits per heavy atom. The number of benzene rings is 2. The third-order valence-electron chi connectivity index (χ3n) is 5.06. The van der Waals surface area contributed by atoms with Gasteiger partial charge in [-0.3, -0.25) is 18.7 Å². The maximum Gasteiger partial charge on any atom is 0.332 e. The summed E-state index contributed by atoms with van der Waals surface area (Å²) in [6, 6.07) is 17.2. The highest BCUT2D eigenvalue weighted by atomic mass is 16.5. The van der Waals surface area contributed by atoms with Gasteiger partial charge in [-0.05, 0) is 35.4 Å². The van der Waals surface area contributed by atoms with Crippen molar-refractivity contribution >= 4 is 23.3 Å². The van der Waals surface area contributed by atoms with Crippen LogP contribution in [0.5, 0.6) is 5.75 Å². The van der Waals surface area contributed by atoms with Crippen molar-refractivity contribution in [1.29, 1.82) is 0 Å². The van der Waals surface area contributed by atoms with E-state index in [2.05, 4.69) is 15.5 Å². The Bertz CT molecular complexity index is 1430. The highest BCUT2D eigenvalue weighted by Crippen LogP contribution is 2.13. The van der Waals surface area contributed by atoms with E-state index in [9.17, 15) is 14.4 Å². The Morgan fingerprint density at radius 3 is 2.52 bits per heavy atom. The molecule has 0 unspecified atom stereocenters. The van der Waals surface area contributed by atoms with E-state index in [0.717, 1.165) is 21.4 Å². The van der Waals surface area contributed by atoms with Crippen LogP contribution in [0.4, 0.5) is 0 Å². The van der Waals surface area contributed by atoms with Crippen molar-refractivity contribution in [2.45, 2.75) is 13.2 Å². The second-order valence-electron chi connectivity index (χ2n) is 7.39. The summed E-state index contributed by atoms with van der Waals surface area (Å²) in [5, 5.41) is 3.96. The number of aromatic nitrogens is 4. The molecule has 1 amide bonds. The first kappa shape index (κ1) is 21.8. The molecule has 0 saturated heterocycles. The molecule has 0 aliphatic carbocycles. The number of carbonyl (C=O) groups is 1. The Kier molecular flexibility index (Phi) is 6.16. The number of rotatable bonds is 7. The normalized spacial score (nSPS) is 11.2. The lowest BCUT2D eigenvalue weighted by Gasteiger charge is -2.06. The predicted octanol–water partition coefficient (Wildman–Crippen LogP) is 1.16. The molecule has 0 bridgehead atoms. The summed E-state index contributed by atoms with van der Waals surface area (Å²) in [5.41, 5.74) is 3.67. The first-order valence-electron chi connectivity index (χ1n) is 10.1. The summed E-state index contributed by atoms with van der Waals surface area (Å²) in [6.45, 7) is 0.304. The van der Waals surface area contributed by atoms with Gasteiger partial charge in [0.1, 0.15) is 18.9 Å². The van der Waals surface area contributed by atoms with Crippen molar-refractivity contribution < 1.29 is 9.53 Å². The lowest BCUT2D eigenvalue weighted by molar-refractivity contribution is -0.121. The number of carbonyl (C=O) groups excluding carboxylic acids is 1. The van der Waals surface area contributed by atoms with Gasteiger partial charge in [0.2, 0.25) is 0 Å². The lowest BCUT2D eigenvalue weighted by atomic mass is 10.2. The molecule has 2 heterocycles. The number of aryl methyl sites for hydroxylation is 1. The first-order valence-corrected chi connectivity index (χ1v) is 10.1. The predicted molar refractivity (Wildman–Crippen MR) is 123 cm³/mol. The van der Waals surface area contributed by atoms with Crippen LogP contribution in [0.15, 0.2) is 75.6 Å². The summed E-state index contributed by atoms with van der Waals surface area (Å²) < 4.78 is 9.37. The molecular weight excluding hydrogens is 424 g/mol. The molecule has 0 radical (unpaired) electrons. The molecule has 0 spiro atoms. The number of hydrazone groups is 1. The van der Waals surface area contributed by atoms with Gasteiger partial charge in [-0.15, -0.1) is 0 Å². The van der Waals surface area contributed by atoms with Gasteiger partial charge in [-0.25, -0.2) is 15.2 Å². The average Bonchev–Trinajstić information content (AvgIpc) is 3.25. The molecule has 0 fully saturated rings. The number of imidazole rings is 1. The summed E-state index contributed by atoms with van der Waals surface area (Å²) in [4.78, 5) is 40.8. The standard InChI is InChI=1S/C23H22N6O4/c1-27-21-20(22(31)28(2)23(27)32)29(15-24-21)13-19(30)26-25-12-16-8-10-18(11-9-16)33-14-17-6-4-3-5-7-17/h3-12,15H,13-14H2,1-2H3,(H,26,30). The van der Waals surface area contributed by atoms with E-state index in [-0.39, 0.29) is 17.7 Å². The van der Waals surface area contributed by atoms with Crippen molar-refractivity contribution in [2.24, 2.45) is 19.2 Å². The highest BCUT2D eigenvalue weighted by Gasteiger charge is 2.15. The summed E-state index contributed by atoms with van der Waals surface area (Å²) in [5.74, 6) is 0.285. The molecule has 0 aliphatic rings. The summed E-state index contributed by atoms with van der Waals surface area (Å²) in [7, 11) is 2.90. The fourth-order valence-electron chi connectivity index (χ4n) is 3.28. The van der Waals surface area contributed by atoms with E-state index >= 15 is 0 Å². The molecule has 0 saturated carbocycles. The third-order valence-corrected chi connectivity index (χ3v) is 5.06. The minimum Gasteiger partial charge on any atom is -0.489 e. The molecule has 33 heavy (non-hydrogen) atoms. The smallest absolute Gasteiger partial charge is 0.332 e. The second-order valence-corrected chi connectivity index (χ2v) is 7.39. The molecule has 10 nitrogen and oxygen atoms in total. The van der Waals surface area contributed by atoms with E-state index in [0.29, 0.717) is 6.61 Å². The van der Waals surface area contributed by atoms with Gasteiger partial charge >= 0.3 is 5.69 Å². The molecule has 4 rings (SSSR count). The quantitative estimate of drug-likeness (QED) is 0.338. The number of hydrogen-bond donors (Lipinski definition) is 1. The fraction of sp³-hybridized carbons (Fsp3) is 0.174. The number of amides is 1. The monoisotopic (exact) mass is 446 g/mol. The molecule has 0 atom stereocenters. The Labute approximate surface area is 188 Å². The highest BCUT2D eigenvalue weighted by molar-refractivity contribution is 5.83. The van der Waals surface area contributed by atoms with Crippen molar-refractivity contribution in [2.75, 3.05) is 0 Å². The lowest BCUT2D eigenvalue weighted by Crippen LogP contribution is -2.38. The number of nitrogens with one attached hydrogen (secondary N) is 1. The molecule has 2 aromatic heterocycles. The molecule has 0 aliphatic heterocycles. The first-order chi connectivity index (χ1) is 15.9. The minimum absolute atomic E-state index is 0.171. The number of ether oxygens (including phenoxy) is 1. The fourth-order valence-corrected chi connectivity index (χ4v) is 3.28. The molecule has 2 aromatic carbocycles. The zero-order valence-electron chi connectivity index (χ0n) is 18.1. The van der Waals surface area contributed by atoms with Crippen LogP contribution < -0.4 is 21.4 Å². The van der Waals surface area contributed by atoms with Crippen LogP contribution in [-0.2, 0) is 32.0 Å². The van der Waals surface area contributed by atoms with Gasteiger partial charge in [0.05, 0.1) is 12.5 Å². The van der Waals surface area contributed by atoms with Crippen LogP contribution in [-0.4, -0.2) is 30.8 Å². The number of nitrogens with zero attached hydrogens (tertiary/aromatic N) is 5. The van der Waals surface area contributed by atoms with E-state index in [1.807, 2.05) is 54.6 Å². The Hall–Kier alpha value is -4.47. The molecular formula is C23H22N6O4. The van der Waals surface area contributed by atoms with Crippen molar-refractivity contribution in [3.05, 3.63) is 92.9 Å². The molecule has 4 aromatic rings. The zero-order valence-corrected chi connectivity index (χ0v) is 18.1. The van der Waals surface area contributed by atoms with Crippen molar-refractivity contribution in [3.8, 4) is 5.75 Å². The molecule has 168 valence electrons. The maximum atomic E-state index is 12.4. The molecule has 1 N–H and O–H groups in total. The van der Waals surface area contributed by atoms with E-state index < -0.39 is 17.2 Å². The van der Waals surface area contributed by atoms with Crippen LogP contribution in [0, 0.1) is 0 Å². The van der Waals surface area contributed by atoms with Crippen LogP contribution in [0.1, 0.15) is 11.1 Å². The van der Waals surface area contributed by atoms with Gasteiger partial charge in [0.15, 0.2) is 11.2 Å². The second kappa shape index (κ2) is 9.35. The van der Waals surface area contributed by atoms with Crippen molar-refractivity contribution in [1.82, 2.24) is 24.1 Å². The van der Waals surface area contributed by atoms with Gasteiger partial charge in [0, 0.05) is 14.1 Å². The topological polar surface area (TPSA) is 113 Å². The van der Waals surface area contributed by atoms with Gasteiger partial charge in [-0.2, -0.15) is 5.10 Å². The molecule has 10 heteroatoms.